The van der Waals surface area contributed by atoms with Crippen molar-refractivity contribution in [2.24, 2.45) is 5.10 Å². The van der Waals surface area contributed by atoms with E-state index < -0.39 is 24.3 Å². The zero-order valence-electron chi connectivity index (χ0n) is 27.1. The molecule has 2 atom stereocenters. The monoisotopic (exact) mass is 617 g/mol. The molecule has 2 aromatic carbocycles. The number of amides is 2. The summed E-state index contributed by atoms with van der Waals surface area (Å²) in [5.41, 5.74) is 9.45. The molecule has 0 aliphatic carbocycles. The molecule has 0 saturated carbocycles. The lowest BCUT2D eigenvalue weighted by atomic mass is 9.87. The predicted molar refractivity (Wildman–Crippen MR) is 173 cm³/mol. The lowest BCUT2D eigenvalue weighted by Gasteiger charge is -2.28. The Morgan fingerprint density at radius 3 is 2.44 bits per heavy atom. The van der Waals surface area contributed by atoms with Crippen molar-refractivity contribution in [3.63, 3.8) is 0 Å². The van der Waals surface area contributed by atoms with Crippen molar-refractivity contribution in [2.45, 2.75) is 66.2 Å². The summed E-state index contributed by atoms with van der Waals surface area (Å²) in [6, 6.07) is 14.5. The van der Waals surface area contributed by atoms with E-state index in [9.17, 15) is 14.7 Å². The van der Waals surface area contributed by atoms with E-state index in [1.54, 1.807) is 31.3 Å². The molecule has 11 heteroatoms. The quantitative estimate of drug-likeness (QED) is 0.104. The number of hydrogen-bond acceptors (Lipinski definition) is 8. The Bertz CT molecular complexity index is 1600. The molecule has 11 nitrogen and oxygen atoms in total. The number of urea groups is 1. The van der Waals surface area contributed by atoms with Gasteiger partial charge < -0.3 is 34.5 Å². The van der Waals surface area contributed by atoms with Gasteiger partial charge in [-0.05, 0) is 74.6 Å². The first-order valence-corrected chi connectivity index (χ1v) is 14.9. The fourth-order valence-electron chi connectivity index (χ4n) is 5.24. The molecule has 45 heavy (non-hydrogen) atoms. The number of aromatic nitrogens is 1. The van der Waals surface area contributed by atoms with Crippen molar-refractivity contribution in [1.29, 1.82) is 0 Å². The standard InChI is InChI=1S/C34H43N5O6/c1-9-44-28-17-23(31-30(32(41)43-8)21(3)36-33(42)37-31)10-15-27(28)45-19-29(40)38-35-18-24-16-20(2)39(22(24)4)26-13-11-25(12-14-26)34(5,6)7/h10-18,29,31,38,40H,9,19H2,1-8H3,(H2,36,37,42)/b35-18-/t29-,31+/m0/s1. The number of carbonyl (C=O) groups is 2. The van der Waals surface area contributed by atoms with E-state index in [-0.39, 0.29) is 17.6 Å². The summed E-state index contributed by atoms with van der Waals surface area (Å²) >= 11 is 0. The van der Waals surface area contributed by atoms with Crippen molar-refractivity contribution < 1.29 is 28.9 Å². The molecule has 240 valence electrons. The molecular formula is C34H43N5O6. The Morgan fingerprint density at radius 2 is 1.80 bits per heavy atom. The van der Waals surface area contributed by atoms with Crippen LogP contribution in [0.4, 0.5) is 4.79 Å². The highest BCUT2D eigenvalue weighted by molar-refractivity contribution is 5.95. The van der Waals surface area contributed by atoms with Crippen molar-refractivity contribution in [3.8, 4) is 17.2 Å². The molecule has 0 radical (unpaired) electrons. The van der Waals surface area contributed by atoms with Crippen molar-refractivity contribution in [3.05, 3.63) is 87.9 Å². The van der Waals surface area contributed by atoms with Gasteiger partial charge in [0.1, 0.15) is 6.61 Å². The molecule has 3 aromatic rings. The van der Waals surface area contributed by atoms with Crippen molar-refractivity contribution >= 4 is 18.2 Å². The van der Waals surface area contributed by atoms with Gasteiger partial charge >= 0.3 is 12.0 Å². The summed E-state index contributed by atoms with van der Waals surface area (Å²) in [6.45, 7) is 14.4. The molecule has 0 spiro atoms. The number of ether oxygens (including phenoxy) is 3. The van der Waals surface area contributed by atoms with Gasteiger partial charge in [-0.25, -0.2) is 9.59 Å². The van der Waals surface area contributed by atoms with Crippen LogP contribution < -0.4 is 25.5 Å². The third-order valence-corrected chi connectivity index (χ3v) is 7.56. The summed E-state index contributed by atoms with van der Waals surface area (Å²) in [6.07, 6.45) is 0.567. The van der Waals surface area contributed by atoms with Crippen LogP contribution in [0.15, 0.2) is 64.9 Å². The molecule has 1 aliphatic rings. The first kappa shape index (κ1) is 33.1. The summed E-state index contributed by atoms with van der Waals surface area (Å²) in [4.78, 5) is 24.6. The summed E-state index contributed by atoms with van der Waals surface area (Å²) in [5.74, 6) is 0.213. The average Bonchev–Trinajstić information content (AvgIpc) is 3.27. The fourth-order valence-corrected chi connectivity index (χ4v) is 5.24. The molecule has 0 fully saturated rings. The highest BCUT2D eigenvalue weighted by Crippen LogP contribution is 2.35. The van der Waals surface area contributed by atoms with Crippen LogP contribution in [0.5, 0.6) is 11.5 Å². The molecule has 1 aromatic heterocycles. The third-order valence-electron chi connectivity index (χ3n) is 7.56. The minimum atomic E-state index is -1.11. The highest BCUT2D eigenvalue weighted by atomic mass is 16.5. The van der Waals surface area contributed by atoms with Gasteiger partial charge in [-0.1, -0.05) is 39.0 Å². The van der Waals surface area contributed by atoms with Crippen LogP contribution in [0.25, 0.3) is 5.69 Å². The maximum absolute atomic E-state index is 12.5. The van der Waals surface area contributed by atoms with E-state index >= 15 is 0 Å². The summed E-state index contributed by atoms with van der Waals surface area (Å²) in [7, 11) is 1.28. The van der Waals surface area contributed by atoms with Crippen LogP contribution in [0.2, 0.25) is 0 Å². The fraction of sp³-hybridized carbons (Fsp3) is 0.382. The Kier molecular flexibility index (Phi) is 10.2. The number of hydrazone groups is 1. The van der Waals surface area contributed by atoms with Crippen LogP contribution in [0.3, 0.4) is 0 Å². The molecule has 2 amide bonds. The summed E-state index contributed by atoms with van der Waals surface area (Å²) < 4.78 is 18.7. The Balaban J connectivity index is 1.42. The van der Waals surface area contributed by atoms with E-state index in [1.165, 1.54) is 12.7 Å². The minimum Gasteiger partial charge on any atom is -0.490 e. The number of nitrogens with one attached hydrogen (secondary N) is 3. The van der Waals surface area contributed by atoms with E-state index in [0.717, 1.165) is 22.6 Å². The van der Waals surface area contributed by atoms with Gasteiger partial charge in [0.25, 0.3) is 0 Å². The molecule has 4 rings (SSSR count). The SMILES string of the molecule is CCOc1cc([C@H]2NC(=O)NC(C)=C2C(=O)OC)ccc1OC[C@H](O)N/N=C\c1cc(C)n(-c2ccc(C(C)(C)C)cc2)c1C. The maximum atomic E-state index is 12.5. The molecule has 1 aliphatic heterocycles. The van der Waals surface area contributed by atoms with Gasteiger partial charge in [-0.2, -0.15) is 5.10 Å². The number of carbonyl (C=O) groups excluding carboxylic acids is 2. The number of hydrogen-bond donors (Lipinski definition) is 4. The maximum Gasteiger partial charge on any atom is 0.337 e. The topological polar surface area (TPSA) is 135 Å². The van der Waals surface area contributed by atoms with E-state index in [1.807, 2.05) is 26.8 Å². The number of methoxy groups -OCH3 is 1. The lowest BCUT2D eigenvalue weighted by Crippen LogP contribution is -2.45. The zero-order chi connectivity index (χ0) is 32.9. The van der Waals surface area contributed by atoms with Crippen LogP contribution >= 0.6 is 0 Å². The smallest absolute Gasteiger partial charge is 0.337 e. The van der Waals surface area contributed by atoms with Gasteiger partial charge in [-0.15, -0.1) is 0 Å². The molecule has 4 N–H and O–H groups in total. The Labute approximate surface area is 264 Å². The Hall–Kier alpha value is -4.77. The minimum absolute atomic E-state index is 0.0833. The average molecular weight is 618 g/mol. The van der Waals surface area contributed by atoms with E-state index in [0.29, 0.717) is 29.4 Å². The van der Waals surface area contributed by atoms with Gasteiger partial charge in [0.2, 0.25) is 0 Å². The van der Waals surface area contributed by atoms with E-state index in [4.69, 9.17) is 14.2 Å². The second kappa shape index (κ2) is 13.9. The molecule has 0 unspecified atom stereocenters. The van der Waals surface area contributed by atoms with Gasteiger partial charge in [0, 0.05) is 28.3 Å². The number of aryl methyl sites for hydroxylation is 1. The molecule has 0 saturated heterocycles. The number of esters is 1. The van der Waals surface area contributed by atoms with Gasteiger partial charge in [0.15, 0.2) is 17.7 Å². The molecular weight excluding hydrogens is 574 g/mol. The number of aliphatic hydroxyl groups excluding tert-OH is 1. The molecule has 2 heterocycles. The Morgan fingerprint density at radius 1 is 1.09 bits per heavy atom. The lowest BCUT2D eigenvalue weighted by molar-refractivity contribution is -0.136. The van der Waals surface area contributed by atoms with E-state index in [2.05, 4.69) is 70.8 Å². The van der Waals surface area contributed by atoms with Gasteiger partial charge in [-0.3, -0.25) is 5.43 Å². The number of benzene rings is 2. The van der Waals surface area contributed by atoms with Crippen LogP contribution in [0.1, 0.15) is 68.7 Å². The first-order valence-electron chi connectivity index (χ1n) is 14.9. The third kappa shape index (κ3) is 7.66. The second-order valence-electron chi connectivity index (χ2n) is 11.9. The van der Waals surface area contributed by atoms with Crippen LogP contribution in [-0.2, 0) is 14.9 Å². The highest BCUT2D eigenvalue weighted by Gasteiger charge is 2.32. The zero-order valence-corrected chi connectivity index (χ0v) is 27.1. The number of allylic oxidation sites excluding steroid dienone is 1. The normalized spacial score (nSPS) is 15.8. The second-order valence-corrected chi connectivity index (χ2v) is 11.9. The van der Waals surface area contributed by atoms with Crippen LogP contribution in [0, 0.1) is 13.8 Å². The predicted octanol–water partition coefficient (Wildman–Crippen LogP) is 4.91. The van der Waals surface area contributed by atoms with Crippen molar-refractivity contribution in [2.75, 3.05) is 20.3 Å². The van der Waals surface area contributed by atoms with Gasteiger partial charge in [0.05, 0.1) is 31.5 Å². The van der Waals surface area contributed by atoms with Crippen LogP contribution in [-0.4, -0.2) is 54.4 Å². The summed E-state index contributed by atoms with van der Waals surface area (Å²) in [5, 5.41) is 20.1. The number of nitrogens with zero attached hydrogens (tertiary/aromatic N) is 2. The first-order chi connectivity index (χ1) is 21.3. The number of aliphatic hydroxyl groups is 1. The van der Waals surface area contributed by atoms with Crippen molar-refractivity contribution in [1.82, 2.24) is 20.6 Å². The molecule has 0 bridgehead atoms. The number of rotatable bonds is 11. The largest absolute Gasteiger partial charge is 0.490 e.